The first-order valence-electron chi connectivity index (χ1n) is 7.66. The van der Waals surface area contributed by atoms with E-state index >= 15 is 0 Å². The third-order valence-electron chi connectivity index (χ3n) is 3.32. The number of hydrogen-bond donors (Lipinski definition) is 2. The fourth-order valence-electron chi connectivity index (χ4n) is 1.98. The summed E-state index contributed by atoms with van der Waals surface area (Å²) in [6.45, 7) is 5.35. The first-order chi connectivity index (χ1) is 10.5. The molecule has 0 aliphatic heterocycles. The fraction of sp³-hybridized carbons (Fsp3) is 0.412. The van der Waals surface area contributed by atoms with Gasteiger partial charge >= 0.3 is 0 Å². The average molecular weight is 299 g/mol. The van der Waals surface area contributed by atoms with Crippen molar-refractivity contribution < 1.29 is 0 Å². The van der Waals surface area contributed by atoms with Gasteiger partial charge in [-0.25, -0.2) is 4.98 Å². The monoisotopic (exact) mass is 299 g/mol. The molecule has 1 aromatic carbocycles. The summed E-state index contributed by atoms with van der Waals surface area (Å²) in [7, 11) is 4.05. The molecule has 0 saturated heterocycles. The van der Waals surface area contributed by atoms with E-state index in [9.17, 15) is 0 Å². The van der Waals surface area contributed by atoms with Crippen molar-refractivity contribution in [2.45, 2.75) is 20.3 Å². The Morgan fingerprint density at radius 1 is 1.09 bits per heavy atom. The van der Waals surface area contributed by atoms with Crippen LogP contribution in [0.1, 0.15) is 20.3 Å². The molecule has 5 nitrogen and oxygen atoms in total. The Kier molecular flexibility index (Phi) is 5.58. The summed E-state index contributed by atoms with van der Waals surface area (Å²) < 4.78 is 0. The maximum Gasteiger partial charge on any atom is 0.229 e. The zero-order chi connectivity index (χ0) is 15.9. The summed E-state index contributed by atoms with van der Waals surface area (Å²) in [5.74, 6) is 2.14. The van der Waals surface area contributed by atoms with Gasteiger partial charge in [0.2, 0.25) is 5.95 Å². The van der Waals surface area contributed by atoms with E-state index in [0.717, 1.165) is 30.2 Å². The number of aromatic nitrogens is 2. The van der Waals surface area contributed by atoms with Crippen LogP contribution in [0.5, 0.6) is 0 Å². The molecule has 22 heavy (non-hydrogen) atoms. The molecule has 0 unspecified atom stereocenters. The van der Waals surface area contributed by atoms with Crippen LogP contribution in [-0.2, 0) is 0 Å². The summed E-state index contributed by atoms with van der Waals surface area (Å²) in [6, 6.07) is 10.1. The van der Waals surface area contributed by atoms with Crippen LogP contribution >= 0.6 is 0 Å². The second kappa shape index (κ2) is 7.64. The first-order valence-corrected chi connectivity index (χ1v) is 7.66. The smallest absolute Gasteiger partial charge is 0.229 e. The van der Waals surface area contributed by atoms with Crippen LogP contribution in [-0.4, -0.2) is 30.6 Å². The lowest BCUT2D eigenvalue weighted by Gasteiger charge is -2.13. The van der Waals surface area contributed by atoms with Gasteiger partial charge in [-0.1, -0.05) is 13.8 Å². The second-order valence-corrected chi connectivity index (χ2v) is 5.94. The van der Waals surface area contributed by atoms with Crippen LogP contribution in [0.2, 0.25) is 0 Å². The van der Waals surface area contributed by atoms with Crippen molar-refractivity contribution in [1.29, 1.82) is 0 Å². The topological polar surface area (TPSA) is 53.1 Å². The van der Waals surface area contributed by atoms with Crippen LogP contribution in [0.15, 0.2) is 36.5 Å². The van der Waals surface area contributed by atoms with Crippen LogP contribution < -0.4 is 15.5 Å². The molecule has 0 spiro atoms. The van der Waals surface area contributed by atoms with Crippen molar-refractivity contribution in [2.24, 2.45) is 5.92 Å². The molecule has 5 heteroatoms. The predicted octanol–water partition coefficient (Wildman–Crippen LogP) is 3.74. The predicted molar refractivity (Wildman–Crippen MR) is 94.0 cm³/mol. The Bertz CT molecular complexity index is 578. The van der Waals surface area contributed by atoms with E-state index < -0.39 is 0 Å². The standard InChI is InChI=1S/C17H25N5/c1-13(2)9-11-18-16-10-12-19-17(21-16)20-14-5-7-15(8-6-14)22(3)4/h5-8,10,12-13H,9,11H2,1-4H3,(H2,18,19,20,21). The zero-order valence-electron chi connectivity index (χ0n) is 13.8. The van der Waals surface area contributed by atoms with Gasteiger partial charge in [0, 0.05) is 38.2 Å². The molecule has 118 valence electrons. The molecule has 0 aliphatic rings. The molecular weight excluding hydrogens is 274 g/mol. The summed E-state index contributed by atoms with van der Waals surface area (Å²) >= 11 is 0. The van der Waals surface area contributed by atoms with Crippen molar-refractivity contribution in [3.8, 4) is 0 Å². The van der Waals surface area contributed by atoms with Crippen LogP contribution in [0.4, 0.5) is 23.1 Å². The fourth-order valence-corrected chi connectivity index (χ4v) is 1.98. The van der Waals surface area contributed by atoms with Crippen molar-refractivity contribution in [3.05, 3.63) is 36.5 Å². The maximum absolute atomic E-state index is 4.48. The van der Waals surface area contributed by atoms with E-state index in [0.29, 0.717) is 11.9 Å². The molecule has 2 rings (SSSR count). The molecule has 1 heterocycles. The van der Waals surface area contributed by atoms with E-state index in [4.69, 9.17) is 0 Å². The highest BCUT2D eigenvalue weighted by Gasteiger charge is 2.01. The molecule has 0 saturated carbocycles. The number of nitrogens with zero attached hydrogens (tertiary/aromatic N) is 3. The number of rotatable bonds is 7. The third kappa shape index (κ3) is 4.91. The second-order valence-electron chi connectivity index (χ2n) is 5.94. The highest BCUT2D eigenvalue weighted by atomic mass is 15.1. The van der Waals surface area contributed by atoms with E-state index in [1.807, 2.05) is 32.3 Å². The first kappa shape index (κ1) is 16.1. The van der Waals surface area contributed by atoms with Gasteiger partial charge in [0.25, 0.3) is 0 Å². The molecular formula is C17H25N5. The minimum absolute atomic E-state index is 0.604. The Morgan fingerprint density at radius 2 is 1.82 bits per heavy atom. The maximum atomic E-state index is 4.48. The normalized spacial score (nSPS) is 10.6. The van der Waals surface area contributed by atoms with Gasteiger partial charge in [-0.3, -0.25) is 0 Å². The molecule has 0 aliphatic carbocycles. The van der Waals surface area contributed by atoms with Crippen LogP contribution in [0.3, 0.4) is 0 Å². The highest BCUT2D eigenvalue weighted by molar-refractivity contribution is 5.59. The van der Waals surface area contributed by atoms with Crippen LogP contribution in [0.25, 0.3) is 0 Å². The van der Waals surface area contributed by atoms with Crippen LogP contribution in [0, 0.1) is 5.92 Å². The molecule has 2 N–H and O–H groups in total. The summed E-state index contributed by atoms with van der Waals surface area (Å²) in [5, 5.41) is 6.56. The number of benzene rings is 1. The van der Waals surface area contributed by atoms with Crippen molar-refractivity contribution in [2.75, 3.05) is 36.2 Å². The van der Waals surface area contributed by atoms with E-state index in [-0.39, 0.29) is 0 Å². The SMILES string of the molecule is CC(C)CCNc1ccnc(Nc2ccc(N(C)C)cc2)n1. The van der Waals surface area contributed by atoms with Crippen molar-refractivity contribution >= 4 is 23.1 Å². The Hall–Kier alpha value is -2.30. The lowest BCUT2D eigenvalue weighted by Crippen LogP contribution is -2.08. The Labute approximate surface area is 132 Å². The number of nitrogens with one attached hydrogen (secondary N) is 2. The minimum atomic E-state index is 0.604. The van der Waals surface area contributed by atoms with E-state index in [1.54, 1.807) is 6.20 Å². The summed E-state index contributed by atoms with van der Waals surface area (Å²) in [4.78, 5) is 10.8. The molecule has 0 bridgehead atoms. The highest BCUT2D eigenvalue weighted by Crippen LogP contribution is 2.18. The van der Waals surface area contributed by atoms with Gasteiger partial charge in [0.05, 0.1) is 0 Å². The molecule has 0 atom stereocenters. The lowest BCUT2D eigenvalue weighted by atomic mass is 10.1. The number of anilines is 4. The van der Waals surface area contributed by atoms with Gasteiger partial charge in [0.1, 0.15) is 5.82 Å². The third-order valence-corrected chi connectivity index (χ3v) is 3.32. The van der Waals surface area contributed by atoms with E-state index in [1.165, 1.54) is 0 Å². The van der Waals surface area contributed by atoms with Crippen molar-refractivity contribution in [3.63, 3.8) is 0 Å². The molecule has 0 radical (unpaired) electrons. The Morgan fingerprint density at radius 3 is 2.45 bits per heavy atom. The van der Waals surface area contributed by atoms with E-state index in [2.05, 4.69) is 51.5 Å². The Balaban J connectivity index is 1.97. The minimum Gasteiger partial charge on any atom is -0.378 e. The molecule has 1 aromatic heterocycles. The van der Waals surface area contributed by atoms with Gasteiger partial charge in [-0.2, -0.15) is 4.98 Å². The quantitative estimate of drug-likeness (QED) is 0.815. The van der Waals surface area contributed by atoms with Gasteiger partial charge in [-0.15, -0.1) is 0 Å². The van der Waals surface area contributed by atoms with Crippen molar-refractivity contribution in [1.82, 2.24) is 9.97 Å². The summed E-state index contributed by atoms with van der Waals surface area (Å²) in [6.07, 6.45) is 2.89. The largest absolute Gasteiger partial charge is 0.378 e. The zero-order valence-corrected chi connectivity index (χ0v) is 13.8. The number of hydrogen-bond acceptors (Lipinski definition) is 5. The van der Waals surface area contributed by atoms with Gasteiger partial charge in [-0.05, 0) is 42.7 Å². The molecule has 0 fully saturated rings. The summed E-state index contributed by atoms with van der Waals surface area (Å²) in [5.41, 5.74) is 2.14. The lowest BCUT2D eigenvalue weighted by molar-refractivity contribution is 0.606. The van der Waals surface area contributed by atoms with Gasteiger partial charge < -0.3 is 15.5 Å². The molecule has 2 aromatic rings. The van der Waals surface area contributed by atoms with Gasteiger partial charge in [0.15, 0.2) is 0 Å². The molecule has 0 amide bonds. The average Bonchev–Trinajstić information content (AvgIpc) is 2.48.